The van der Waals surface area contributed by atoms with Gasteiger partial charge in [0.25, 0.3) is 0 Å². The number of rotatable bonds is 7. The molecule has 0 aliphatic heterocycles. The lowest BCUT2D eigenvalue weighted by Crippen LogP contribution is -2.05. The summed E-state index contributed by atoms with van der Waals surface area (Å²) in [7, 11) is 0. The van der Waals surface area contributed by atoms with Crippen LogP contribution in [0.25, 0.3) is 5.57 Å². The SMILES string of the molecule is Cc1cc(OCC2=C(c3cccc(F)c3)CCC2)c(F)cc1CCC(=O)O. The van der Waals surface area contributed by atoms with Gasteiger partial charge in [0.05, 0.1) is 0 Å². The van der Waals surface area contributed by atoms with Gasteiger partial charge in [-0.2, -0.15) is 0 Å². The van der Waals surface area contributed by atoms with Crippen molar-refractivity contribution in [1.29, 1.82) is 0 Å². The maximum Gasteiger partial charge on any atom is 0.303 e. The Balaban J connectivity index is 1.75. The van der Waals surface area contributed by atoms with E-state index < -0.39 is 11.8 Å². The highest BCUT2D eigenvalue weighted by molar-refractivity contribution is 5.71. The minimum absolute atomic E-state index is 0.0373. The zero-order valence-electron chi connectivity index (χ0n) is 15.2. The molecule has 0 aromatic heterocycles. The summed E-state index contributed by atoms with van der Waals surface area (Å²) in [6.07, 6.45) is 2.93. The van der Waals surface area contributed by atoms with Crippen LogP contribution in [0.1, 0.15) is 42.4 Å². The van der Waals surface area contributed by atoms with Crippen LogP contribution >= 0.6 is 0 Å². The van der Waals surface area contributed by atoms with E-state index in [1.807, 2.05) is 13.0 Å². The van der Waals surface area contributed by atoms with Gasteiger partial charge in [-0.05, 0) is 84.7 Å². The summed E-state index contributed by atoms with van der Waals surface area (Å²) in [5.74, 6) is -1.52. The molecule has 0 saturated heterocycles. The van der Waals surface area contributed by atoms with E-state index in [2.05, 4.69) is 0 Å². The number of halogens is 2. The zero-order valence-corrected chi connectivity index (χ0v) is 15.2. The molecule has 1 N–H and O–H groups in total. The molecular formula is C22H22F2O3. The molecule has 2 aromatic carbocycles. The van der Waals surface area contributed by atoms with E-state index in [-0.39, 0.29) is 31.0 Å². The first-order valence-electron chi connectivity index (χ1n) is 9.04. The van der Waals surface area contributed by atoms with Gasteiger partial charge in [0.15, 0.2) is 11.6 Å². The van der Waals surface area contributed by atoms with Crippen LogP contribution in [0.4, 0.5) is 8.78 Å². The predicted molar refractivity (Wildman–Crippen MR) is 99.8 cm³/mol. The van der Waals surface area contributed by atoms with Crippen molar-refractivity contribution in [1.82, 2.24) is 0 Å². The van der Waals surface area contributed by atoms with E-state index >= 15 is 0 Å². The first-order chi connectivity index (χ1) is 12.9. The first kappa shape index (κ1) is 19.1. The number of benzene rings is 2. The Morgan fingerprint density at radius 2 is 2.00 bits per heavy atom. The number of allylic oxidation sites excluding steroid dienone is 1. The predicted octanol–water partition coefficient (Wildman–Crippen LogP) is 5.31. The summed E-state index contributed by atoms with van der Waals surface area (Å²) in [6, 6.07) is 9.47. The van der Waals surface area contributed by atoms with Crippen LogP contribution < -0.4 is 4.74 Å². The molecule has 0 fully saturated rings. The number of hydrogen-bond donors (Lipinski definition) is 1. The highest BCUT2D eigenvalue weighted by atomic mass is 19.1. The number of carbonyl (C=O) groups is 1. The molecular weight excluding hydrogens is 350 g/mol. The van der Waals surface area contributed by atoms with E-state index in [1.165, 1.54) is 18.2 Å². The van der Waals surface area contributed by atoms with Crippen LogP contribution in [0.2, 0.25) is 0 Å². The van der Waals surface area contributed by atoms with E-state index in [4.69, 9.17) is 9.84 Å². The Hall–Kier alpha value is -2.69. The van der Waals surface area contributed by atoms with Crippen molar-refractivity contribution < 1.29 is 23.4 Å². The fourth-order valence-corrected chi connectivity index (χ4v) is 3.47. The Morgan fingerprint density at radius 1 is 1.19 bits per heavy atom. The molecule has 3 nitrogen and oxygen atoms in total. The van der Waals surface area contributed by atoms with Crippen molar-refractivity contribution in [2.24, 2.45) is 0 Å². The Kier molecular flexibility index (Phi) is 5.89. The maximum atomic E-state index is 14.4. The first-order valence-corrected chi connectivity index (χ1v) is 9.04. The maximum absolute atomic E-state index is 14.4. The Morgan fingerprint density at radius 3 is 2.74 bits per heavy atom. The number of aryl methyl sites for hydroxylation is 2. The van der Waals surface area contributed by atoms with Gasteiger partial charge in [0.1, 0.15) is 12.4 Å². The molecule has 142 valence electrons. The van der Waals surface area contributed by atoms with Gasteiger partial charge in [-0.1, -0.05) is 12.1 Å². The number of carboxylic acids is 1. The lowest BCUT2D eigenvalue weighted by atomic mass is 10.0. The van der Waals surface area contributed by atoms with E-state index in [1.54, 1.807) is 12.1 Å². The monoisotopic (exact) mass is 372 g/mol. The minimum Gasteiger partial charge on any atom is -0.486 e. The second kappa shape index (κ2) is 8.33. The topological polar surface area (TPSA) is 46.5 Å². The number of carboxylic acid groups (broad SMARTS) is 1. The van der Waals surface area contributed by atoms with Crippen LogP contribution in [0.3, 0.4) is 0 Å². The quantitative estimate of drug-likeness (QED) is 0.717. The molecule has 5 heteroatoms. The van der Waals surface area contributed by atoms with Gasteiger partial charge in [0.2, 0.25) is 0 Å². The summed E-state index contributed by atoms with van der Waals surface area (Å²) in [4.78, 5) is 10.7. The van der Waals surface area contributed by atoms with Crippen LogP contribution in [-0.2, 0) is 11.2 Å². The molecule has 0 radical (unpaired) electrons. The molecule has 2 aromatic rings. The van der Waals surface area contributed by atoms with Crippen molar-refractivity contribution in [3.05, 3.63) is 70.3 Å². The lowest BCUT2D eigenvalue weighted by Gasteiger charge is -2.13. The van der Waals surface area contributed by atoms with Crippen molar-refractivity contribution in [2.45, 2.75) is 39.0 Å². The molecule has 0 amide bonds. The van der Waals surface area contributed by atoms with E-state index in [0.717, 1.165) is 41.5 Å². The van der Waals surface area contributed by atoms with Gasteiger partial charge >= 0.3 is 5.97 Å². The van der Waals surface area contributed by atoms with Crippen molar-refractivity contribution in [2.75, 3.05) is 6.61 Å². The van der Waals surface area contributed by atoms with Crippen molar-refractivity contribution in [3.63, 3.8) is 0 Å². The molecule has 0 saturated carbocycles. The molecule has 0 spiro atoms. The minimum atomic E-state index is -0.909. The van der Waals surface area contributed by atoms with Crippen LogP contribution in [0.5, 0.6) is 5.75 Å². The largest absolute Gasteiger partial charge is 0.486 e. The highest BCUT2D eigenvalue weighted by Crippen LogP contribution is 2.35. The fraction of sp³-hybridized carbons (Fsp3) is 0.318. The summed E-state index contributed by atoms with van der Waals surface area (Å²) in [6.45, 7) is 2.08. The molecule has 0 bridgehead atoms. The third kappa shape index (κ3) is 4.73. The summed E-state index contributed by atoms with van der Waals surface area (Å²) in [5, 5.41) is 8.78. The molecule has 0 unspecified atom stereocenters. The number of hydrogen-bond acceptors (Lipinski definition) is 2. The summed E-state index contributed by atoms with van der Waals surface area (Å²) < 4.78 is 33.6. The molecule has 3 rings (SSSR count). The average Bonchev–Trinajstić information content (AvgIpc) is 3.09. The van der Waals surface area contributed by atoms with Gasteiger partial charge in [0, 0.05) is 6.42 Å². The van der Waals surface area contributed by atoms with Gasteiger partial charge in [-0.15, -0.1) is 0 Å². The summed E-state index contributed by atoms with van der Waals surface area (Å²) >= 11 is 0. The van der Waals surface area contributed by atoms with Crippen molar-refractivity contribution in [3.8, 4) is 5.75 Å². The second-order valence-corrected chi connectivity index (χ2v) is 6.84. The Labute approximate surface area is 157 Å². The molecule has 1 aliphatic carbocycles. The lowest BCUT2D eigenvalue weighted by molar-refractivity contribution is -0.136. The highest BCUT2D eigenvalue weighted by Gasteiger charge is 2.18. The van der Waals surface area contributed by atoms with Gasteiger partial charge < -0.3 is 9.84 Å². The summed E-state index contributed by atoms with van der Waals surface area (Å²) in [5.41, 5.74) is 4.46. The molecule has 0 heterocycles. The molecule has 1 aliphatic rings. The number of ether oxygens (including phenoxy) is 1. The standard InChI is InChI=1S/C22H22F2O3/c1-14-10-21(20(24)12-15(14)8-9-22(25)26)27-13-17-5-3-7-19(17)16-4-2-6-18(23)11-16/h2,4,6,10-12H,3,5,7-9,13H2,1H3,(H,25,26). The fourth-order valence-electron chi connectivity index (χ4n) is 3.47. The van der Waals surface area contributed by atoms with Gasteiger partial charge in [-0.3, -0.25) is 4.79 Å². The van der Waals surface area contributed by atoms with Crippen LogP contribution in [0, 0.1) is 18.6 Å². The molecule has 27 heavy (non-hydrogen) atoms. The average molecular weight is 372 g/mol. The van der Waals surface area contributed by atoms with Crippen molar-refractivity contribution >= 4 is 11.5 Å². The van der Waals surface area contributed by atoms with Crippen LogP contribution in [-0.4, -0.2) is 17.7 Å². The smallest absolute Gasteiger partial charge is 0.303 e. The normalized spacial score (nSPS) is 13.9. The van der Waals surface area contributed by atoms with E-state index in [0.29, 0.717) is 5.56 Å². The third-order valence-corrected chi connectivity index (χ3v) is 4.91. The van der Waals surface area contributed by atoms with Gasteiger partial charge in [-0.25, -0.2) is 8.78 Å². The second-order valence-electron chi connectivity index (χ2n) is 6.84. The van der Waals surface area contributed by atoms with Crippen LogP contribution in [0.15, 0.2) is 42.0 Å². The number of aliphatic carboxylic acids is 1. The molecule has 0 atom stereocenters. The third-order valence-electron chi connectivity index (χ3n) is 4.91. The Bertz CT molecular complexity index is 887. The van der Waals surface area contributed by atoms with E-state index in [9.17, 15) is 13.6 Å². The zero-order chi connectivity index (χ0) is 19.4.